The number of allylic oxidation sites excluding steroid dienone is 3. The fourth-order valence-electron chi connectivity index (χ4n) is 2.97. The van der Waals surface area contributed by atoms with Crippen molar-refractivity contribution in [3.63, 3.8) is 0 Å². The van der Waals surface area contributed by atoms with Gasteiger partial charge >= 0.3 is 0 Å². The zero-order valence-corrected chi connectivity index (χ0v) is 14.2. The second-order valence-corrected chi connectivity index (χ2v) is 6.10. The quantitative estimate of drug-likeness (QED) is 0.788. The number of carbonyl (C=O) groups is 2. The number of nitrogens with zero attached hydrogens (tertiary/aromatic N) is 3. The molecular formula is C18H22N4O3. The summed E-state index contributed by atoms with van der Waals surface area (Å²) in [6.45, 7) is 5.10. The highest BCUT2D eigenvalue weighted by molar-refractivity contribution is 6.09. The van der Waals surface area contributed by atoms with Gasteiger partial charge < -0.3 is 10.1 Å². The Kier molecular flexibility index (Phi) is 5.67. The van der Waals surface area contributed by atoms with Gasteiger partial charge in [0.1, 0.15) is 11.7 Å². The predicted octanol–water partition coefficient (Wildman–Crippen LogP) is 0.586. The average Bonchev–Trinajstić information content (AvgIpc) is 2.64. The maximum Gasteiger partial charge on any atom is 0.234 e. The van der Waals surface area contributed by atoms with E-state index in [9.17, 15) is 9.59 Å². The smallest absolute Gasteiger partial charge is 0.234 e. The molecule has 1 fully saturated rings. The molecule has 1 saturated heterocycles. The van der Waals surface area contributed by atoms with Crippen LogP contribution in [-0.4, -0.2) is 59.4 Å². The standard InChI is InChI=1S/C18H22N4O3/c1-13-19-10-14(11-20-13)16(22-6-8-25-9-7-22)12-21-18(24)15-4-2-3-5-17(15)23/h2-5,10-11,15-16H,6-9,12H2,1H3,(H,21,24). The lowest BCUT2D eigenvalue weighted by Crippen LogP contribution is -2.45. The number of aryl methyl sites for hydroxylation is 1. The number of morpholine rings is 1. The lowest BCUT2D eigenvalue weighted by atomic mass is 9.98. The van der Waals surface area contributed by atoms with Gasteiger partial charge in [0.2, 0.25) is 5.91 Å². The Bertz CT molecular complexity index is 678. The Balaban J connectivity index is 1.70. The highest BCUT2D eigenvalue weighted by Crippen LogP contribution is 2.20. The van der Waals surface area contributed by atoms with Crippen molar-refractivity contribution in [2.24, 2.45) is 5.92 Å². The van der Waals surface area contributed by atoms with Crippen LogP contribution in [-0.2, 0) is 14.3 Å². The van der Waals surface area contributed by atoms with Gasteiger partial charge in [-0.05, 0) is 13.0 Å². The van der Waals surface area contributed by atoms with Crippen LogP contribution in [0.5, 0.6) is 0 Å². The summed E-state index contributed by atoms with van der Waals surface area (Å²) in [6, 6.07) is -0.0494. The number of carbonyl (C=O) groups excluding carboxylic acids is 2. The lowest BCUT2D eigenvalue weighted by Gasteiger charge is -2.34. The Hall–Kier alpha value is -2.38. The van der Waals surface area contributed by atoms with E-state index in [4.69, 9.17) is 4.74 Å². The minimum Gasteiger partial charge on any atom is -0.379 e. The molecule has 0 saturated carbocycles. The summed E-state index contributed by atoms with van der Waals surface area (Å²) >= 11 is 0. The maximum absolute atomic E-state index is 12.4. The van der Waals surface area contributed by atoms with E-state index < -0.39 is 5.92 Å². The molecule has 1 amide bonds. The van der Waals surface area contributed by atoms with Gasteiger partial charge in [0.25, 0.3) is 0 Å². The molecule has 1 N–H and O–H groups in total. The predicted molar refractivity (Wildman–Crippen MR) is 91.7 cm³/mol. The van der Waals surface area contributed by atoms with Crippen LogP contribution in [0, 0.1) is 12.8 Å². The number of ketones is 1. The van der Waals surface area contributed by atoms with Crippen LogP contribution in [0.15, 0.2) is 36.7 Å². The van der Waals surface area contributed by atoms with Crippen molar-refractivity contribution in [1.29, 1.82) is 0 Å². The minimum absolute atomic E-state index is 0.0494. The third-order valence-corrected chi connectivity index (χ3v) is 4.41. The van der Waals surface area contributed by atoms with Gasteiger partial charge in [-0.1, -0.05) is 18.2 Å². The van der Waals surface area contributed by atoms with E-state index in [1.54, 1.807) is 30.6 Å². The van der Waals surface area contributed by atoms with Gasteiger partial charge in [-0.15, -0.1) is 0 Å². The summed E-state index contributed by atoms with van der Waals surface area (Å²) in [7, 11) is 0. The topological polar surface area (TPSA) is 84.4 Å². The van der Waals surface area contributed by atoms with Crippen LogP contribution in [0.4, 0.5) is 0 Å². The Morgan fingerprint density at radius 3 is 2.72 bits per heavy atom. The number of rotatable bonds is 5. The first kappa shape index (κ1) is 17.4. The van der Waals surface area contributed by atoms with E-state index in [1.165, 1.54) is 6.08 Å². The molecule has 0 aromatic carbocycles. The molecule has 7 heteroatoms. The van der Waals surface area contributed by atoms with Crippen LogP contribution in [0.3, 0.4) is 0 Å². The lowest BCUT2D eigenvalue weighted by molar-refractivity contribution is -0.130. The molecule has 0 radical (unpaired) electrons. The molecule has 132 valence electrons. The number of nitrogens with one attached hydrogen (secondary N) is 1. The van der Waals surface area contributed by atoms with E-state index >= 15 is 0 Å². The molecule has 0 bridgehead atoms. The molecule has 1 aliphatic carbocycles. The Labute approximate surface area is 146 Å². The van der Waals surface area contributed by atoms with E-state index in [-0.39, 0.29) is 17.7 Å². The van der Waals surface area contributed by atoms with E-state index in [1.807, 2.05) is 6.92 Å². The van der Waals surface area contributed by atoms with Crippen molar-refractivity contribution in [3.8, 4) is 0 Å². The van der Waals surface area contributed by atoms with Gasteiger partial charge in [-0.2, -0.15) is 0 Å². The summed E-state index contributed by atoms with van der Waals surface area (Å²) in [4.78, 5) is 35.0. The van der Waals surface area contributed by atoms with Gasteiger partial charge in [-0.3, -0.25) is 14.5 Å². The number of hydrogen-bond acceptors (Lipinski definition) is 6. The molecule has 3 rings (SSSR count). The van der Waals surface area contributed by atoms with E-state index in [0.717, 1.165) is 18.7 Å². The van der Waals surface area contributed by atoms with Crippen LogP contribution >= 0.6 is 0 Å². The molecule has 2 unspecified atom stereocenters. The molecule has 0 spiro atoms. The van der Waals surface area contributed by atoms with Crippen molar-refractivity contribution < 1.29 is 14.3 Å². The first-order valence-corrected chi connectivity index (χ1v) is 8.42. The largest absolute Gasteiger partial charge is 0.379 e. The minimum atomic E-state index is -0.746. The van der Waals surface area contributed by atoms with Crippen molar-refractivity contribution in [1.82, 2.24) is 20.2 Å². The number of aromatic nitrogens is 2. The summed E-state index contributed by atoms with van der Waals surface area (Å²) in [5.41, 5.74) is 0.943. The average molecular weight is 342 g/mol. The summed E-state index contributed by atoms with van der Waals surface area (Å²) in [5, 5.41) is 2.91. The molecule has 2 heterocycles. The van der Waals surface area contributed by atoms with Gasteiger partial charge in [0, 0.05) is 37.6 Å². The monoisotopic (exact) mass is 342 g/mol. The molecule has 2 aliphatic rings. The van der Waals surface area contributed by atoms with Gasteiger partial charge in [0.05, 0.1) is 19.3 Å². The van der Waals surface area contributed by atoms with Crippen molar-refractivity contribution in [3.05, 3.63) is 48.1 Å². The fourth-order valence-corrected chi connectivity index (χ4v) is 2.97. The molecular weight excluding hydrogens is 320 g/mol. The highest BCUT2D eigenvalue weighted by Gasteiger charge is 2.27. The first-order valence-electron chi connectivity index (χ1n) is 8.42. The molecule has 25 heavy (non-hydrogen) atoms. The van der Waals surface area contributed by atoms with Crippen molar-refractivity contribution in [2.45, 2.75) is 13.0 Å². The van der Waals surface area contributed by atoms with Gasteiger partial charge in [-0.25, -0.2) is 9.97 Å². The maximum atomic E-state index is 12.4. The summed E-state index contributed by atoms with van der Waals surface area (Å²) < 4.78 is 5.42. The third-order valence-electron chi connectivity index (χ3n) is 4.41. The zero-order valence-electron chi connectivity index (χ0n) is 14.2. The van der Waals surface area contributed by atoms with Crippen LogP contribution in [0.2, 0.25) is 0 Å². The van der Waals surface area contributed by atoms with Gasteiger partial charge in [0.15, 0.2) is 5.78 Å². The highest BCUT2D eigenvalue weighted by atomic mass is 16.5. The van der Waals surface area contributed by atoms with Crippen LogP contribution in [0.25, 0.3) is 0 Å². The van der Waals surface area contributed by atoms with E-state index in [0.29, 0.717) is 25.6 Å². The Morgan fingerprint density at radius 1 is 1.32 bits per heavy atom. The molecule has 2 atom stereocenters. The molecule has 1 aromatic rings. The summed E-state index contributed by atoms with van der Waals surface area (Å²) in [5.74, 6) is -0.513. The fraction of sp³-hybridized carbons (Fsp3) is 0.444. The normalized spacial score (nSPS) is 22.0. The second kappa shape index (κ2) is 8.13. The number of hydrogen-bond donors (Lipinski definition) is 1. The van der Waals surface area contributed by atoms with Crippen molar-refractivity contribution >= 4 is 11.7 Å². The SMILES string of the molecule is Cc1ncc(C(CNC(=O)C2C=CC=CC2=O)N2CCOCC2)cn1. The molecule has 1 aromatic heterocycles. The second-order valence-electron chi connectivity index (χ2n) is 6.10. The first-order chi connectivity index (χ1) is 12.1. The number of amides is 1. The van der Waals surface area contributed by atoms with Crippen molar-refractivity contribution in [2.75, 3.05) is 32.8 Å². The molecule has 7 nitrogen and oxygen atoms in total. The van der Waals surface area contributed by atoms with Crippen LogP contribution < -0.4 is 5.32 Å². The third kappa shape index (κ3) is 4.37. The zero-order chi connectivity index (χ0) is 17.6. The number of ether oxygens (including phenoxy) is 1. The van der Waals surface area contributed by atoms with E-state index in [2.05, 4.69) is 20.2 Å². The molecule has 1 aliphatic heterocycles. The van der Waals surface area contributed by atoms with Crippen LogP contribution in [0.1, 0.15) is 17.4 Å². The Morgan fingerprint density at radius 2 is 2.04 bits per heavy atom. The summed E-state index contributed by atoms with van der Waals surface area (Å²) in [6.07, 6.45) is 10.0.